The van der Waals surface area contributed by atoms with Crippen molar-refractivity contribution in [3.8, 4) is 0 Å². The van der Waals surface area contributed by atoms with Crippen molar-refractivity contribution in [3.63, 3.8) is 0 Å². The SMILES string of the molecule is CC(Cl)=CCC(C)(C)C=O. The zero-order chi connectivity index (χ0) is 8.20. The lowest BCUT2D eigenvalue weighted by molar-refractivity contribution is -0.114. The van der Waals surface area contributed by atoms with E-state index >= 15 is 0 Å². The summed E-state index contributed by atoms with van der Waals surface area (Å²) in [6.45, 7) is 5.58. The van der Waals surface area contributed by atoms with E-state index < -0.39 is 0 Å². The van der Waals surface area contributed by atoms with Gasteiger partial charge in [0.2, 0.25) is 0 Å². The first-order chi connectivity index (χ1) is 4.48. The Bertz CT molecular complexity index is 143. The quantitative estimate of drug-likeness (QED) is 0.581. The van der Waals surface area contributed by atoms with E-state index in [-0.39, 0.29) is 5.41 Å². The second-order valence-corrected chi connectivity index (χ2v) is 3.70. The van der Waals surface area contributed by atoms with Gasteiger partial charge in [0.1, 0.15) is 6.29 Å². The molecular weight excluding hydrogens is 148 g/mol. The summed E-state index contributed by atoms with van der Waals surface area (Å²) in [5.74, 6) is 0. The first-order valence-corrected chi connectivity index (χ1v) is 3.64. The molecule has 0 rings (SSSR count). The van der Waals surface area contributed by atoms with Gasteiger partial charge in [-0.15, -0.1) is 0 Å². The van der Waals surface area contributed by atoms with Crippen LogP contribution in [0.25, 0.3) is 0 Å². The lowest BCUT2D eigenvalue weighted by Crippen LogP contribution is -2.10. The highest BCUT2D eigenvalue weighted by Gasteiger charge is 2.13. The molecule has 0 N–H and O–H groups in total. The van der Waals surface area contributed by atoms with Crippen molar-refractivity contribution in [1.82, 2.24) is 0 Å². The molecule has 0 heterocycles. The summed E-state index contributed by atoms with van der Waals surface area (Å²) in [6.07, 6.45) is 3.52. The zero-order valence-electron chi connectivity index (χ0n) is 6.65. The van der Waals surface area contributed by atoms with Crippen LogP contribution in [0.4, 0.5) is 0 Å². The number of carbonyl (C=O) groups excluding carboxylic acids is 1. The second kappa shape index (κ2) is 3.77. The van der Waals surface area contributed by atoms with Crippen molar-refractivity contribution in [2.45, 2.75) is 27.2 Å². The predicted octanol–water partition coefficient (Wildman–Crippen LogP) is 2.74. The standard InChI is InChI=1S/C8H13ClO/c1-7(9)4-5-8(2,3)6-10/h4,6H,5H2,1-3H3. The molecule has 0 bridgehead atoms. The van der Waals surface area contributed by atoms with E-state index in [0.29, 0.717) is 6.42 Å². The number of allylic oxidation sites excluding steroid dienone is 2. The van der Waals surface area contributed by atoms with Gasteiger partial charge in [-0.25, -0.2) is 0 Å². The summed E-state index contributed by atoms with van der Waals surface area (Å²) in [5.41, 5.74) is -0.268. The van der Waals surface area contributed by atoms with Gasteiger partial charge in [0, 0.05) is 10.4 Å². The molecule has 0 aliphatic heterocycles. The molecular formula is C8H13ClO. The van der Waals surface area contributed by atoms with Crippen LogP contribution in [0.2, 0.25) is 0 Å². The molecule has 0 amide bonds. The van der Waals surface area contributed by atoms with Crippen LogP contribution >= 0.6 is 11.6 Å². The summed E-state index contributed by atoms with van der Waals surface area (Å²) in [4.78, 5) is 10.4. The van der Waals surface area contributed by atoms with E-state index in [9.17, 15) is 4.79 Å². The lowest BCUT2D eigenvalue weighted by atomic mass is 9.91. The van der Waals surface area contributed by atoms with E-state index in [4.69, 9.17) is 11.6 Å². The average Bonchev–Trinajstić information content (AvgIpc) is 1.85. The van der Waals surface area contributed by atoms with Crippen LogP contribution in [0.5, 0.6) is 0 Å². The van der Waals surface area contributed by atoms with E-state index in [1.807, 2.05) is 26.8 Å². The van der Waals surface area contributed by atoms with Crippen molar-refractivity contribution in [1.29, 1.82) is 0 Å². The topological polar surface area (TPSA) is 17.1 Å². The van der Waals surface area contributed by atoms with Crippen LogP contribution in [0.1, 0.15) is 27.2 Å². The van der Waals surface area contributed by atoms with E-state index in [1.54, 1.807) is 0 Å². The van der Waals surface area contributed by atoms with Crippen LogP contribution in [0.3, 0.4) is 0 Å². The molecule has 58 valence electrons. The molecule has 0 unspecified atom stereocenters. The largest absolute Gasteiger partial charge is 0.303 e. The van der Waals surface area contributed by atoms with Gasteiger partial charge in [-0.05, 0) is 13.3 Å². The minimum absolute atomic E-state index is 0.268. The second-order valence-electron chi connectivity index (χ2n) is 3.10. The maximum absolute atomic E-state index is 10.4. The Morgan fingerprint density at radius 3 is 2.40 bits per heavy atom. The van der Waals surface area contributed by atoms with Crippen LogP contribution < -0.4 is 0 Å². The third-order valence-electron chi connectivity index (χ3n) is 1.23. The molecule has 0 radical (unpaired) electrons. The molecule has 10 heavy (non-hydrogen) atoms. The first-order valence-electron chi connectivity index (χ1n) is 3.26. The van der Waals surface area contributed by atoms with Crippen molar-refractivity contribution in [3.05, 3.63) is 11.1 Å². The molecule has 0 aliphatic carbocycles. The average molecular weight is 161 g/mol. The summed E-state index contributed by atoms with van der Waals surface area (Å²) < 4.78 is 0. The number of aldehydes is 1. The molecule has 0 saturated carbocycles. The monoisotopic (exact) mass is 160 g/mol. The summed E-state index contributed by atoms with van der Waals surface area (Å²) in [5, 5.41) is 0.745. The lowest BCUT2D eigenvalue weighted by Gasteiger charge is -2.12. The fourth-order valence-electron chi connectivity index (χ4n) is 0.452. The van der Waals surface area contributed by atoms with Crippen molar-refractivity contribution >= 4 is 17.9 Å². The smallest absolute Gasteiger partial charge is 0.125 e. The Kier molecular flexibility index (Phi) is 3.66. The molecule has 0 spiro atoms. The Morgan fingerprint density at radius 2 is 2.10 bits per heavy atom. The number of halogens is 1. The Hall–Kier alpha value is -0.300. The van der Waals surface area contributed by atoms with E-state index in [2.05, 4.69) is 0 Å². The minimum Gasteiger partial charge on any atom is -0.303 e. The van der Waals surface area contributed by atoms with E-state index in [0.717, 1.165) is 11.3 Å². The van der Waals surface area contributed by atoms with E-state index in [1.165, 1.54) is 0 Å². The highest BCUT2D eigenvalue weighted by molar-refractivity contribution is 6.29. The third-order valence-corrected chi connectivity index (χ3v) is 1.38. The predicted molar refractivity (Wildman–Crippen MR) is 44.1 cm³/mol. The van der Waals surface area contributed by atoms with Crippen molar-refractivity contribution in [2.75, 3.05) is 0 Å². The molecule has 0 aromatic carbocycles. The maximum Gasteiger partial charge on any atom is 0.125 e. The molecule has 0 fully saturated rings. The number of hydrogen-bond donors (Lipinski definition) is 0. The molecule has 1 nitrogen and oxygen atoms in total. The van der Waals surface area contributed by atoms with Gasteiger partial charge in [0.05, 0.1) is 0 Å². The van der Waals surface area contributed by atoms with Crippen molar-refractivity contribution < 1.29 is 4.79 Å². The van der Waals surface area contributed by atoms with Crippen molar-refractivity contribution in [2.24, 2.45) is 5.41 Å². The first kappa shape index (κ1) is 9.70. The van der Waals surface area contributed by atoms with Gasteiger partial charge in [-0.2, -0.15) is 0 Å². The molecule has 0 aromatic rings. The van der Waals surface area contributed by atoms with Gasteiger partial charge < -0.3 is 4.79 Å². The molecule has 0 saturated heterocycles. The highest BCUT2D eigenvalue weighted by atomic mass is 35.5. The molecule has 0 aromatic heterocycles. The fourth-order valence-corrected chi connectivity index (χ4v) is 0.529. The van der Waals surface area contributed by atoms with Gasteiger partial charge >= 0.3 is 0 Å². The Labute approximate surface area is 67.1 Å². The number of hydrogen-bond acceptors (Lipinski definition) is 1. The molecule has 0 aliphatic rings. The Morgan fingerprint density at radius 1 is 1.60 bits per heavy atom. The number of rotatable bonds is 3. The fraction of sp³-hybridized carbons (Fsp3) is 0.625. The summed E-state index contributed by atoms with van der Waals surface area (Å²) >= 11 is 5.59. The van der Waals surface area contributed by atoms with Gasteiger partial charge in [-0.3, -0.25) is 0 Å². The van der Waals surface area contributed by atoms with Gasteiger partial charge in [-0.1, -0.05) is 31.5 Å². The van der Waals surface area contributed by atoms with Crippen LogP contribution in [0, 0.1) is 5.41 Å². The normalized spacial score (nSPS) is 13.4. The summed E-state index contributed by atoms with van der Waals surface area (Å²) in [7, 11) is 0. The zero-order valence-corrected chi connectivity index (χ0v) is 7.40. The number of carbonyl (C=O) groups is 1. The Balaban J connectivity index is 3.90. The van der Waals surface area contributed by atoms with Crippen LogP contribution in [-0.2, 0) is 4.79 Å². The highest BCUT2D eigenvalue weighted by Crippen LogP contribution is 2.18. The third kappa shape index (κ3) is 4.57. The molecule has 2 heteroatoms. The van der Waals surface area contributed by atoms with Gasteiger partial charge in [0.15, 0.2) is 0 Å². The van der Waals surface area contributed by atoms with Crippen LogP contribution in [-0.4, -0.2) is 6.29 Å². The molecule has 0 atom stereocenters. The van der Waals surface area contributed by atoms with Crippen LogP contribution in [0.15, 0.2) is 11.1 Å². The maximum atomic E-state index is 10.4. The van der Waals surface area contributed by atoms with Gasteiger partial charge in [0.25, 0.3) is 0 Å². The summed E-state index contributed by atoms with van der Waals surface area (Å²) in [6, 6.07) is 0. The minimum atomic E-state index is -0.268.